The molecule has 0 saturated heterocycles. The summed E-state index contributed by atoms with van der Waals surface area (Å²) in [5, 5.41) is 20.9. The van der Waals surface area contributed by atoms with Crippen LogP contribution >= 0.6 is 0 Å². The zero-order valence-corrected chi connectivity index (χ0v) is 10.4. The molecule has 0 spiro atoms. The second-order valence-corrected chi connectivity index (χ2v) is 5.82. The number of carbonyl (C=O) groups is 1. The maximum atomic E-state index is 10.6. The molecule has 1 N–H and O–H groups in total. The van der Waals surface area contributed by atoms with Gasteiger partial charge in [-0.25, -0.2) is 0 Å². The Hall–Kier alpha value is -0.610. The van der Waals surface area contributed by atoms with Crippen molar-refractivity contribution in [3.63, 3.8) is 0 Å². The van der Waals surface area contributed by atoms with Crippen molar-refractivity contribution in [1.29, 1.82) is 0 Å². The van der Waals surface area contributed by atoms with Crippen molar-refractivity contribution in [3.8, 4) is 0 Å². The third-order valence-electron chi connectivity index (χ3n) is 2.03. The van der Waals surface area contributed by atoms with Crippen LogP contribution in [0.15, 0.2) is 0 Å². The molecule has 4 heteroatoms. The average molecular weight is 217 g/mol. The second-order valence-electron chi connectivity index (χ2n) is 5.82. The highest BCUT2D eigenvalue weighted by molar-refractivity contribution is 5.65. The summed E-state index contributed by atoms with van der Waals surface area (Å²) in [4.78, 5) is 10.6. The lowest BCUT2D eigenvalue weighted by molar-refractivity contribution is -0.877. The van der Waals surface area contributed by atoms with Gasteiger partial charge in [0, 0.05) is 12.4 Å². The van der Waals surface area contributed by atoms with Crippen LogP contribution in [-0.4, -0.2) is 48.8 Å². The molecule has 4 nitrogen and oxygen atoms in total. The van der Waals surface area contributed by atoms with Crippen LogP contribution in [0.1, 0.15) is 26.7 Å². The van der Waals surface area contributed by atoms with Crippen molar-refractivity contribution >= 4 is 5.97 Å². The fourth-order valence-electron chi connectivity index (χ4n) is 2.10. The summed E-state index contributed by atoms with van der Waals surface area (Å²) in [5.41, 5.74) is -1.16. The molecule has 0 aliphatic heterocycles. The van der Waals surface area contributed by atoms with E-state index < -0.39 is 11.6 Å². The molecule has 0 saturated carbocycles. The largest absolute Gasteiger partial charge is 0.550 e. The van der Waals surface area contributed by atoms with E-state index in [1.165, 1.54) is 0 Å². The summed E-state index contributed by atoms with van der Waals surface area (Å²) in [5.74, 6) is -0.924. The highest BCUT2D eigenvalue weighted by Crippen LogP contribution is 2.22. The third kappa shape index (κ3) is 7.33. The molecule has 0 aromatic heterocycles. The number of aliphatic hydroxyl groups is 1. The summed E-state index contributed by atoms with van der Waals surface area (Å²) < 4.78 is 0.538. The fraction of sp³-hybridized carbons (Fsp3) is 0.909. The number of hydrogen-bond acceptors (Lipinski definition) is 3. The molecule has 0 aliphatic carbocycles. The van der Waals surface area contributed by atoms with Crippen molar-refractivity contribution in [2.45, 2.75) is 32.3 Å². The van der Waals surface area contributed by atoms with E-state index in [1.54, 1.807) is 0 Å². The number of nitrogens with zero attached hydrogens (tertiary/aromatic N) is 1. The van der Waals surface area contributed by atoms with E-state index >= 15 is 0 Å². The predicted molar refractivity (Wildman–Crippen MR) is 56.9 cm³/mol. The first-order valence-corrected chi connectivity index (χ1v) is 5.27. The van der Waals surface area contributed by atoms with Crippen LogP contribution < -0.4 is 5.11 Å². The van der Waals surface area contributed by atoms with Crippen LogP contribution in [0.3, 0.4) is 0 Å². The van der Waals surface area contributed by atoms with Gasteiger partial charge in [0.15, 0.2) is 0 Å². The zero-order chi connectivity index (χ0) is 12.3. The Labute approximate surface area is 92.1 Å². The fourth-order valence-corrected chi connectivity index (χ4v) is 2.10. The Kier molecular flexibility index (Phi) is 4.74. The number of rotatable bonds is 6. The number of hydrogen-bond donors (Lipinski definition) is 1. The summed E-state index contributed by atoms with van der Waals surface area (Å²) in [7, 11) is 5.79. The zero-order valence-electron chi connectivity index (χ0n) is 10.4. The van der Waals surface area contributed by atoms with Crippen molar-refractivity contribution < 1.29 is 19.5 Å². The number of carbonyl (C=O) groups excluding carboxylic acids is 1. The van der Waals surface area contributed by atoms with E-state index in [4.69, 9.17) is 0 Å². The van der Waals surface area contributed by atoms with Gasteiger partial charge in [-0.2, -0.15) is 0 Å². The molecule has 0 radical (unpaired) electrons. The predicted octanol–water partition coefficient (Wildman–Crippen LogP) is -0.390. The summed E-state index contributed by atoms with van der Waals surface area (Å²) in [6.45, 7) is 4.35. The van der Waals surface area contributed by atoms with E-state index in [1.807, 2.05) is 35.0 Å². The monoisotopic (exact) mass is 217 g/mol. The van der Waals surface area contributed by atoms with E-state index in [-0.39, 0.29) is 12.3 Å². The van der Waals surface area contributed by atoms with E-state index in [0.717, 1.165) is 0 Å². The minimum atomic E-state index is -1.19. The van der Waals surface area contributed by atoms with Gasteiger partial charge in [0.2, 0.25) is 0 Å². The molecule has 90 valence electrons. The molecule has 0 aromatic rings. The van der Waals surface area contributed by atoms with Gasteiger partial charge in [0.05, 0.1) is 21.1 Å². The van der Waals surface area contributed by atoms with Gasteiger partial charge in [-0.1, -0.05) is 13.8 Å². The summed E-state index contributed by atoms with van der Waals surface area (Å²) >= 11 is 0. The molecule has 0 rings (SSSR count). The normalized spacial score (nSPS) is 16.5. The smallest absolute Gasteiger partial charge is 0.119 e. The van der Waals surface area contributed by atoms with Crippen molar-refractivity contribution in [2.24, 2.45) is 5.92 Å². The first kappa shape index (κ1) is 14.4. The van der Waals surface area contributed by atoms with Gasteiger partial charge < -0.3 is 19.5 Å². The average Bonchev–Trinajstić information content (AvgIpc) is 1.73. The van der Waals surface area contributed by atoms with Crippen LogP contribution in [-0.2, 0) is 4.79 Å². The quantitative estimate of drug-likeness (QED) is 0.616. The minimum Gasteiger partial charge on any atom is -0.550 e. The Bertz CT molecular complexity index is 220. The van der Waals surface area contributed by atoms with Crippen molar-refractivity contribution in [1.82, 2.24) is 0 Å². The first-order chi connectivity index (χ1) is 6.54. The number of aliphatic carboxylic acids is 1. The first-order valence-electron chi connectivity index (χ1n) is 5.27. The van der Waals surface area contributed by atoms with Gasteiger partial charge in [-0.15, -0.1) is 0 Å². The summed E-state index contributed by atoms with van der Waals surface area (Å²) in [6.07, 6.45) is 0.192. The molecule has 0 fully saturated rings. The lowest BCUT2D eigenvalue weighted by Gasteiger charge is -2.36. The maximum Gasteiger partial charge on any atom is 0.119 e. The Morgan fingerprint density at radius 1 is 1.40 bits per heavy atom. The molecule has 0 aliphatic rings. The van der Waals surface area contributed by atoms with Gasteiger partial charge in [0.25, 0.3) is 0 Å². The van der Waals surface area contributed by atoms with Crippen LogP contribution in [0.2, 0.25) is 0 Å². The molecular weight excluding hydrogens is 194 g/mol. The van der Waals surface area contributed by atoms with Gasteiger partial charge in [-0.05, 0) is 12.3 Å². The number of quaternary nitrogens is 1. The lowest BCUT2D eigenvalue weighted by atomic mass is 9.88. The number of carboxylic acid groups (broad SMARTS) is 1. The standard InChI is InChI=1S/C11H23NO3/c1-9(2)6-11(15,7-10(13)14)8-12(3,4)5/h9,15H,6-8H2,1-5H3. The molecule has 0 amide bonds. The lowest BCUT2D eigenvalue weighted by Crippen LogP contribution is -2.52. The number of likely N-dealkylation sites (N-methyl/N-ethyl adjacent to an activating group) is 1. The van der Waals surface area contributed by atoms with E-state index in [2.05, 4.69) is 0 Å². The van der Waals surface area contributed by atoms with Crippen LogP contribution in [0.5, 0.6) is 0 Å². The highest BCUT2D eigenvalue weighted by Gasteiger charge is 2.34. The Morgan fingerprint density at radius 2 is 1.87 bits per heavy atom. The molecular formula is C11H23NO3. The topological polar surface area (TPSA) is 60.4 Å². The Balaban J connectivity index is 4.61. The molecule has 1 atom stereocenters. The van der Waals surface area contributed by atoms with Gasteiger partial charge >= 0.3 is 0 Å². The van der Waals surface area contributed by atoms with Crippen molar-refractivity contribution in [3.05, 3.63) is 0 Å². The van der Waals surface area contributed by atoms with Crippen LogP contribution in [0.25, 0.3) is 0 Å². The molecule has 15 heavy (non-hydrogen) atoms. The highest BCUT2D eigenvalue weighted by atomic mass is 16.4. The third-order valence-corrected chi connectivity index (χ3v) is 2.03. The maximum absolute atomic E-state index is 10.6. The van der Waals surface area contributed by atoms with Crippen molar-refractivity contribution in [2.75, 3.05) is 27.7 Å². The SMILES string of the molecule is CC(C)CC(O)(CC(=O)[O-])C[N+](C)(C)C. The second kappa shape index (κ2) is 4.94. The van der Waals surface area contributed by atoms with Gasteiger partial charge in [0.1, 0.15) is 12.1 Å². The van der Waals surface area contributed by atoms with Crippen LogP contribution in [0.4, 0.5) is 0 Å². The van der Waals surface area contributed by atoms with E-state index in [9.17, 15) is 15.0 Å². The van der Waals surface area contributed by atoms with E-state index in [0.29, 0.717) is 17.4 Å². The minimum absolute atomic E-state index is 0.265. The Morgan fingerprint density at radius 3 is 2.13 bits per heavy atom. The molecule has 0 aromatic carbocycles. The van der Waals surface area contributed by atoms with Gasteiger partial charge in [-0.3, -0.25) is 0 Å². The molecule has 1 unspecified atom stereocenters. The molecule has 0 heterocycles. The van der Waals surface area contributed by atoms with Crippen LogP contribution in [0, 0.1) is 5.92 Å². The summed E-state index contributed by atoms with van der Waals surface area (Å²) in [6, 6.07) is 0. The molecule has 0 bridgehead atoms. The number of carboxylic acids is 1.